The highest BCUT2D eigenvalue weighted by Gasteiger charge is 2.12. The Labute approximate surface area is 143 Å². The van der Waals surface area contributed by atoms with E-state index in [2.05, 4.69) is 15.6 Å². The average Bonchev–Trinajstić information content (AvgIpc) is 2.92. The van der Waals surface area contributed by atoms with E-state index in [1.165, 1.54) is 11.8 Å². The van der Waals surface area contributed by atoms with Gasteiger partial charge in [0.25, 0.3) is 0 Å². The monoisotopic (exact) mass is 352 g/mol. The molecular weight excluding hydrogens is 336 g/mol. The van der Waals surface area contributed by atoms with Gasteiger partial charge in [-0.2, -0.15) is 0 Å². The van der Waals surface area contributed by atoms with Gasteiger partial charge in [-0.05, 0) is 32.0 Å². The summed E-state index contributed by atoms with van der Waals surface area (Å²) in [6, 6.07) is 6.81. The smallest absolute Gasteiger partial charge is 0.321 e. The molecule has 1 heterocycles. The number of amides is 3. The molecule has 1 aromatic heterocycles. The van der Waals surface area contributed by atoms with Gasteiger partial charge in [-0.25, -0.2) is 9.78 Å². The third-order valence-electron chi connectivity index (χ3n) is 2.70. The largest absolute Gasteiger partial charge is 0.336 e. The van der Waals surface area contributed by atoms with E-state index < -0.39 is 6.03 Å². The number of hydrogen-bond acceptors (Lipinski definition) is 4. The molecule has 0 saturated heterocycles. The second kappa shape index (κ2) is 8.03. The van der Waals surface area contributed by atoms with Crippen LogP contribution in [-0.4, -0.2) is 33.3 Å². The Hall–Kier alpha value is -1.99. The number of nitrogens with one attached hydrogen (secondary N) is 2. The quantitative estimate of drug-likeness (QED) is 0.811. The van der Waals surface area contributed by atoms with Crippen molar-refractivity contribution in [2.45, 2.75) is 25.0 Å². The van der Waals surface area contributed by atoms with E-state index in [-0.39, 0.29) is 17.7 Å². The number of carbonyl (C=O) groups is 2. The molecule has 2 N–H and O–H groups in total. The molecule has 0 unspecified atom stereocenters. The molecule has 3 amide bonds. The molecule has 1 aromatic carbocycles. The summed E-state index contributed by atoms with van der Waals surface area (Å²) in [5, 5.41) is 6.13. The van der Waals surface area contributed by atoms with Crippen LogP contribution in [0.4, 0.5) is 4.79 Å². The van der Waals surface area contributed by atoms with Crippen LogP contribution in [0.5, 0.6) is 0 Å². The van der Waals surface area contributed by atoms with Crippen LogP contribution in [0.1, 0.15) is 13.8 Å². The Balaban J connectivity index is 1.96. The summed E-state index contributed by atoms with van der Waals surface area (Å²) in [5.41, 5.74) is 0.857. The molecule has 0 aliphatic rings. The summed E-state index contributed by atoms with van der Waals surface area (Å²) in [6.45, 7) is 3.64. The third kappa shape index (κ3) is 5.30. The fraction of sp³-hybridized carbons (Fsp3) is 0.267. The summed E-state index contributed by atoms with van der Waals surface area (Å²) >= 11 is 7.23. The summed E-state index contributed by atoms with van der Waals surface area (Å²) in [4.78, 5) is 27.5. The van der Waals surface area contributed by atoms with Gasteiger partial charge >= 0.3 is 6.03 Å². The van der Waals surface area contributed by atoms with Gasteiger partial charge in [0, 0.05) is 29.1 Å². The fourth-order valence-electron chi connectivity index (χ4n) is 1.81. The Morgan fingerprint density at radius 2 is 2.17 bits per heavy atom. The molecule has 2 rings (SSSR count). The number of benzene rings is 1. The maximum atomic E-state index is 11.8. The lowest BCUT2D eigenvalue weighted by molar-refractivity contribution is -0.117. The van der Waals surface area contributed by atoms with E-state index in [0.717, 1.165) is 5.69 Å². The molecule has 0 radical (unpaired) electrons. The van der Waals surface area contributed by atoms with E-state index in [0.29, 0.717) is 10.2 Å². The highest BCUT2D eigenvalue weighted by atomic mass is 35.5. The number of hydrogen-bond donors (Lipinski definition) is 2. The third-order valence-corrected chi connectivity index (χ3v) is 3.90. The number of nitrogens with zero attached hydrogens (tertiary/aromatic N) is 2. The van der Waals surface area contributed by atoms with Gasteiger partial charge in [0.1, 0.15) is 0 Å². The lowest BCUT2D eigenvalue weighted by atomic mass is 10.3. The second-order valence-electron chi connectivity index (χ2n) is 5.02. The minimum absolute atomic E-state index is 0.0304. The molecule has 23 heavy (non-hydrogen) atoms. The number of carbonyl (C=O) groups excluding carboxylic acids is 2. The highest BCUT2D eigenvalue weighted by Crippen LogP contribution is 2.22. The second-order valence-corrected chi connectivity index (χ2v) is 6.40. The van der Waals surface area contributed by atoms with Crippen LogP contribution in [0.2, 0.25) is 5.02 Å². The lowest BCUT2D eigenvalue weighted by Gasteiger charge is -2.10. The molecule has 0 bridgehead atoms. The van der Waals surface area contributed by atoms with Crippen LogP contribution in [0.15, 0.2) is 41.8 Å². The lowest BCUT2D eigenvalue weighted by Crippen LogP contribution is -2.43. The minimum Gasteiger partial charge on any atom is -0.336 e. The molecule has 0 atom stereocenters. The van der Waals surface area contributed by atoms with Crippen LogP contribution in [0, 0.1) is 0 Å². The molecule has 0 saturated carbocycles. The Kier molecular flexibility index (Phi) is 6.06. The first kappa shape index (κ1) is 17.4. The number of urea groups is 1. The standard InChI is InChI=1S/C15H17ClN4O2S/c1-10(2)18-14(22)19-13(21)9-23-15-17-6-7-20(15)12-5-3-4-11(16)8-12/h3-8,10H,9H2,1-2H3,(H2,18,19,21,22). The predicted molar refractivity (Wildman–Crippen MR) is 91.1 cm³/mol. The minimum atomic E-state index is -0.496. The van der Waals surface area contributed by atoms with E-state index >= 15 is 0 Å². The first-order valence-electron chi connectivity index (χ1n) is 6.98. The number of thioether (sulfide) groups is 1. The van der Waals surface area contributed by atoms with Gasteiger partial charge in [-0.1, -0.05) is 29.4 Å². The van der Waals surface area contributed by atoms with Crippen LogP contribution in [-0.2, 0) is 4.79 Å². The van der Waals surface area contributed by atoms with E-state index in [9.17, 15) is 9.59 Å². The summed E-state index contributed by atoms with van der Waals surface area (Å²) < 4.78 is 1.83. The topological polar surface area (TPSA) is 76.0 Å². The Morgan fingerprint density at radius 1 is 1.39 bits per heavy atom. The SMILES string of the molecule is CC(C)NC(=O)NC(=O)CSc1nccn1-c1cccc(Cl)c1. The zero-order chi connectivity index (χ0) is 16.8. The van der Waals surface area contributed by atoms with E-state index in [1.807, 2.05) is 36.6 Å². The number of imide groups is 1. The molecule has 0 spiro atoms. The maximum Gasteiger partial charge on any atom is 0.321 e. The number of aromatic nitrogens is 2. The summed E-state index contributed by atoms with van der Waals surface area (Å²) in [6.07, 6.45) is 3.43. The highest BCUT2D eigenvalue weighted by molar-refractivity contribution is 7.99. The van der Waals surface area contributed by atoms with Crippen molar-refractivity contribution in [1.29, 1.82) is 0 Å². The van der Waals surface area contributed by atoms with Crippen molar-refractivity contribution in [1.82, 2.24) is 20.2 Å². The molecule has 6 nitrogen and oxygen atoms in total. The molecule has 0 aliphatic heterocycles. The van der Waals surface area contributed by atoms with E-state index in [1.54, 1.807) is 18.5 Å². The van der Waals surface area contributed by atoms with Crippen molar-refractivity contribution in [3.63, 3.8) is 0 Å². The van der Waals surface area contributed by atoms with Crippen LogP contribution >= 0.6 is 23.4 Å². The van der Waals surface area contributed by atoms with Crippen molar-refractivity contribution in [2.75, 3.05) is 5.75 Å². The van der Waals surface area contributed by atoms with Crippen LogP contribution in [0.25, 0.3) is 5.69 Å². The van der Waals surface area contributed by atoms with Gasteiger partial charge in [0.15, 0.2) is 5.16 Å². The van der Waals surface area contributed by atoms with Crippen molar-refractivity contribution in [3.05, 3.63) is 41.7 Å². The molecule has 0 aliphatic carbocycles. The van der Waals surface area contributed by atoms with Crippen LogP contribution < -0.4 is 10.6 Å². The van der Waals surface area contributed by atoms with Crippen molar-refractivity contribution in [3.8, 4) is 5.69 Å². The fourth-order valence-corrected chi connectivity index (χ4v) is 2.77. The Morgan fingerprint density at radius 3 is 2.87 bits per heavy atom. The normalized spacial score (nSPS) is 10.6. The number of imidazole rings is 1. The maximum absolute atomic E-state index is 11.8. The summed E-state index contributed by atoms with van der Waals surface area (Å²) in [5.74, 6) is -0.294. The average molecular weight is 353 g/mol. The van der Waals surface area contributed by atoms with Crippen LogP contribution in [0.3, 0.4) is 0 Å². The molecule has 122 valence electrons. The van der Waals surface area contributed by atoms with Gasteiger partial charge in [0.05, 0.1) is 5.75 Å². The van der Waals surface area contributed by atoms with Crippen molar-refractivity contribution >= 4 is 35.3 Å². The molecule has 8 heteroatoms. The predicted octanol–water partition coefficient (Wildman–Crippen LogP) is 2.85. The first-order valence-corrected chi connectivity index (χ1v) is 8.34. The van der Waals surface area contributed by atoms with Crippen molar-refractivity contribution in [2.24, 2.45) is 0 Å². The Bertz CT molecular complexity index is 702. The number of rotatable bonds is 5. The van der Waals surface area contributed by atoms with Gasteiger partial charge in [0.2, 0.25) is 5.91 Å². The zero-order valence-corrected chi connectivity index (χ0v) is 14.3. The molecule has 2 aromatic rings. The molecular formula is C15H17ClN4O2S. The number of halogens is 1. The van der Waals surface area contributed by atoms with Gasteiger partial charge < -0.3 is 5.32 Å². The zero-order valence-electron chi connectivity index (χ0n) is 12.7. The first-order chi connectivity index (χ1) is 11.0. The summed E-state index contributed by atoms with van der Waals surface area (Å²) in [7, 11) is 0. The van der Waals surface area contributed by atoms with Gasteiger partial charge in [-0.15, -0.1) is 0 Å². The molecule has 0 fully saturated rings. The van der Waals surface area contributed by atoms with Gasteiger partial charge in [-0.3, -0.25) is 14.7 Å². The van der Waals surface area contributed by atoms with Crippen molar-refractivity contribution < 1.29 is 9.59 Å². The van der Waals surface area contributed by atoms with E-state index in [4.69, 9.17) is 11.6 Å².